The molecule has 0 atom stereocenters. The van der Waals surface area contributed by atoms with Crippen molar-refractivity contribution in [3.63, 3.8) is 0 Å². The number of nitrogens with one attached hydrogen (secondary N) is 1. The van der Waals surface area contributed by atoms with Crippen LogP contribution in [0.5, 0.6) is 0 Å². The van der Waals surface area contributed by atoms with E-state index in [1.54, 1.807) is 20.8 Å². The molecular formula is C10H20N2O4S. The van der Waals surface area contributed by atoms with E-state index in [0.717, 1.165) is 0 Å². The molecule has 0 spiro atoms. The molecule has 1 aliphatic heterocycles. The van der Waals surface area contributed by atoms with Gasteiger partial charge in [-0.15, -0.1) is 0 Å². The number of hydrogen-bond acceptors (Lipinski definition) is 4. The summed E-state index contributed by atoms with van der Waals surface area (Å²) < 4.78 is 28.6. The van der Waals surface area contributed by atoms with E-state index < -0.39 is 21.7 Å². The predicted octanol–water partition coefficient (Wildman–Crippen LogP) is 0.403. The molecule has 1 heterocycles. The Morgan fingerprint density at radius 1 is 1.41 bits per heavy atom. The molecule has 0 saturated carbocycles. The summed E-state index contributed by atoms with van der Waals surface area (Å²) in [6.45, 7) is 6.76. The smallest absolute Gasteiger partial charge is 0.407 e. The van der Waals surface area contributed by atoms with E-state index >= 15 is 0 Å². The molecule has 0 aromatic rings. The van der Waals surface area contributed by atoms with Crippen LogP contribution in [0.4, 0.5) is 4.79 Å². The second-order valence-electron chi connectivity index (χ2n) is 5.33. The van der Waals surface area contributed by atoms with Crippen molar-refractivity contribution in [3.8, 4) is 0 Å². The Morgan fingerprint density at radius 2 is 1.94 bits per heavy atom. The second kappa shape index (κ2) is 4.81. The molecule has 1 rings (SSSR count). The molecule has 17 heavy (non-hydrogen) atoms. The molecule has 1 fully saturated rings. The first-order chi connectivity index (χ1) is 7.58. The average molecular weight is 264 g/mol. The van der Waals surface area contributed by atoms with Gasteiger partial charge in [0.2, 0.25) is 10.0 Å². The fourth-order valence-corrected chi connectivity index (χ4v) is 2.43. The van der Waals surface area contributed by atoms with Crippen molar-refractivity contribution in [2.45, 2.75) is 26.4 Å². The molecule has 0 radical (unpaired) electrons. The largest absolute Gasteiger partial charge is 0.444 e. The minimum Gasteiger partial charge on any atom is -0.444 e. The molecule has 0 unspecified atom stereocenters. The van der Waals surface area contributed by atoms with Gasteiger partial charge in [0, 0.05) is 25.6 Å². The maximum absolute atomic E-state index is 11.3. The zero-order valence-corrected chi connectivity index (χ0v) is 11.5. The molecule has 100 valence electrons. The molecule has 6 nitrogen and oxygen atoms in total. The quantitative estimate of drug-likeness (QED) is 0.800. The summed E-state index contributed by atoms with van der Waals surface area (Å²) in [6, 6.07) is 0. The second-order valence-corrected chi connectivity index (χ2v) is 7.31. The minimum atomic E-state index is -3.08. The maximum Gasteiger partial charge on any atom is 0.407 e. The zero-order valence-electron chi connectivity index (χ0n) is 10.7. The van der Waals surface area contributed by atoms with E-state index in [9.17, 15) is 13.2 Å². The van der Waals surface area contributed by atoms with Gasteiger partial charge in [-0.3, -0.25) is 0 Å². The number of sulfonamides is 1. The van der Waals surface area contributed by atoms with Crippen LogP contribution in [0.2, 0.25) is 0 Å². The lowest BCUT2D eigenvalue weighted by Gasteiger charge is -2.37. The topological polar surface area (TPSA) is 75.7 Å². The van der Waals surface area contributed by atoms with Crippen LogP contribution in [0.1, 0.15) is 20.8 Å². The number of carbonyl (C=O) groups is 1. The summed E-state index contributed by atoms with van der Waals surface area (Å²) in [7, 11) is -3.08. The molecule has 1 amide bonds. The third-order valence-electron chi connectivity index (χ3n) is 2.33. The zero-order chi connectivity index (χ0) is 13.3. The monoisotopic (exact) mass is 264 g/mol. The van der Waals surface area contributed by atoms with Gasteiger partial charge in [0.25, 0.3) is 0 Å². The number of nitrogens with zero attached hydrogens (tertiary/aromatic N) is 1. The van der Waals surface area contributed by atoms with Gasteiger partial charge in [-0.2, -0.15) is 0 Å². The van der Waals surface area contributed by atoms with Crippen molar-refractivity contribution < 1.29 is 17.9 Å². The van der Waals surface area contributed by atoms with E-state index in [-0.39, 0.29) is 5.92 Å². The van der Waals surface area contributed by atoms with E-state index in [0.29, 0.717) is 19.6 Å². The molecule has 1 aliphatic rings. The molecular weight excluding hydrogens is 244 g/mol. The number of hydrogen-bond donors (Lipinski definition) is 1. The van der Waals surface area contributed by atoms with Gasteiger partial charge in [-0.25, -0.2) is 17.5 Å². The summed E-state index contributed by atoms with van der Waals surface area (Å²) in [4.78, 5) is 11.3. The Bertz CT molecular complexity index is 380. The fourth-order valence-electron chi connectivity index (χ4n) is 1.46. The van der Waals surface area contributed by atoms with Crippen LogP contribution in [0.3, 0.4) is 0 Å². The first-order valence-electron chi connectivity index (χ1n) is 5.50. The third kappa shape index (κ3) is 4.91. The lowest BCUT2D eigenvalue weighted by Crippen LogP contribution is -2.53. The summed E-state index contributed by atoms with van der Waals surface area (Å²) in [5.41, 5.74) is -0.511. The van der Waals surface area contributed by atoms with E-state index in [4.69, 9.17) is 4.74 Å². The van der Waals surface area contributed by atoms with Crippen molar-refractivity contribution in [1.82, 2.24) is 9.62 Å². The van der Waals surface area contributed by atoms with Crippen molar-refractivity contribution in [3.05, 3.63) is 0 Å². The molecule has 7 heteroatoms. The van der Waals surface area contributed by atoms with Gasteiger partial charge < -0.3 is 10.1 Å². The third-order valence-corrected chi connectivity index (χ3v) is 3.56. The molecule has 0 aliphatic carbocycles. The lowest BCUT2D eigenvalue weighted by atomic mass is 10.0. The van der Waals surface area contributed by atoms with Crippen LogP contribution in [0, 0.1) is 5.92 Å². The van der Waals surface area contributed by atoms with Crippen molar-refractivity contribution >= 4 is 16.1 Å². The van der Waals surface area contributed by atoms with Gasteiger partial charge in [-0.1, -0.05) is 0 Å². The van der Waals surface area contributed by atoms with Crippen molar-refractivity contribution in [1.29, 1.82) is 0 Å². The highest BCUT2D eigenvalue weighted by molar-refractivity contribution is 7.88. The van der Waals surface area contributed by atoms with Crippen LogP contribution < -0.4 is 5.32 Å². The molecule has 0 aromatic heterocycles. The van der Waals surface area contributed by atoms with E-state index in [1.165, 1.54) is 10.6 Å². The highest BCUT2D eigenvalue weighted by atomic mass is 32.2. The Kier molecular flexibility index (Phi) is 4.03. The van der Waals surface area contributed by atoms with Crippen LogP contribution in [-0.2, 0) is 14.8 Å². The van der Waals surface area contributed by atoms with Crippen LogP contribution >= 0.6 is 0 Å². The highest BCUT2D eigenvalue weighted by Gasteiger charge is 2.33. The Labute approximate surface area is 102 Å². The SMILES string of the molecule is CC(C)(C)OC(=O)NCC1CN(S(C)(=O)=O)C1. The normalized spacial score (nSPS) is 18.6. The van der Waals surface area contributed by atoms with Crippen molar-refractivity contribution in [2.75, 3.05) is 25.9 Å². The van der Waals surface area contributed by atoms with E-state index in [2.05, 4.69) is 5.32 Å². The standard InChI is InChI=1S/C10H20N2O4S/c1-10(2,3)16-9(13)11-5-8-6-12(7-8)17(4,14)15/h8H,5-7H2,1-4H3,(H,11,13). The van der Waals surface area contributed by atoms with Crippen LogP contribution in [-0.4, -0.2) is 50.3 Å². The minimum absolute atomic E-state index is 0.178. The highest BCUT2D eigenvalue weighted by Crippen LogP contribution is 2.17. The number of ether oxygens (including phenoxy) is 1. The number of alkyl carbamates (subject to hydrolysis) is 1. The fraction of sp³-hybridized carbons (Fsp3) is 0.900. The lowest BCUT2D eigenvalue weighted by molar-refractivity contribution is 0.0503. The van der Waals surface area contributed by atoms with Gasteiger partial charge in [0.1, 0.15) is 5.60 Å². The van der Waals surface area contributed by atoms with Gasteiger partial charge in [0.05, 0.1) is 6.26 Å². The number of amides is 1. The summed E-state index contributed by atoms with van der Waals surface area (Å²) in [5.74, 6) is 0.178. The summed E-state index contributed by atoms with van der Waals surface area (Å²) in [6.07, 6.45) is 0.722. The van der Waals surface area contributed by atoms with Crippen molar-refractivity contribution in [2.24, 2.45) is 5.92 Å². The maximum atomic E-state index is 11.3. The molecule has 0 bridgehead atoms. The van der Waals surface area contributed by atoms with Crippen LogP contribution in [0.15, 0.2) is 0 Å². The first kappa shape index (κ1) is 14.2. The molecule has 1 saturated heterocycles. The average Bonchev–Trinajstić information content (AvgIpc) is 1.93. The summed E-state index contributed by atoms with van der Waals surface area (Å²) in [5, 5.41) is 2.63. The Hall–Kier alpha value is -0.820. The molecule has 1 N–H and O–H groups in total. The van der Waals surface area contributed by atoms with Gasteiger partial charge in [-0.05, 0) is 20.8 Å². The number of rotatable bonds is 3. The van der Waals surface area contributed by atoms with Gasteiger partial charge >= 0.3 is 6.09 Å². The predicted molar refractivity (Wildman–Crippen MR) is 64.1 cm³/mol. The van der Waals surface area contributed by atoms with E-state index in [1.807, 2.05) is 0 Å². The first-order valence-corrected chi connectivity index (χ1v) is 7.35. The number of carbonyl (C=O) groups excluding carboxylic acids is 1. The summed E-state index contributed by atoms with van der Waals surface area (Å²) >= 11 is 0. The molecule has 0 aromatic carbocycles. The Balaban J connectivity index is 2.21. The van der Waals surface area contributed by atoms with Gasteiger partial charge in [0.15, 0.2) is 0 Å². The Morgan fingerprint density at radius 3 is 2.35 bits per heavy atom. The van der Waals surface area contributed by atoms with Crippen LogP contribution in [0.25, 0.3) is 0 Å².